The molecule has 13 heteroatoms. The van der Waals surface area contributed by atoms with E-state index in [0.29, 0.717) is 34.6 Å². The van der Waals surface area contributed by atoms with Crippen LogP contribution in [0.15, 0.2) is 78.0 Å². The molecule has 0 unspecified atom stereocenters. The largest absolute Gasteiger partial charge is 0.416 e. The van der Waals surface area contributed by atoms with Crippen LogP contribution in [-0.2, 0) is 24.7 Å². The minimum absolute atomic E-state index is 0.0121. The van der Waals surface area contributed by atoms with Gasteiger partial charge in [-0.2, -0.15) is 26.3 Å². The number of alkyl halides is 6. The van der Waals surface area contributed by atoms with Crippen molar-refractivity contribution in [3.8, 4) is 5.69 Å². The maximum absolute atomic E-state index is 13.1. The number of anilines is 1. The summed E-state index contributed by atoms with van der Waals surface area (Å²) in [5, 5.41) is 13.4. The fourth-order valence-corrected chi connectivity index (χ4v) is 4.47. The third-order valence-electron chi connectivity index (χ3n) is 5.46. The van der Waals surface area contributed by atoms with Crippen LogP contribution in [-0.4, -0.2) is 20.8 Å². The van der Waals surface area contributed by atoms with Gasteiger partial charge in [0, 0.05) is 17.1 Å². The second-order valence-electron chi connectivity index (χ2n) is 8.45. The van der Waals surface area contributed by atoms with E-state index in [2.05, 4.69) is 15.5 Å². The molecule has 204 valence electrons. The number of rotatable bonds is 7. The fraction of sp³-hybridized carbons (Fsp3) is 0.192. The van der Waals surface area contributed by atoms with Gasteiger partial charge in [0.1, 0.15) is 0 Å². The molecule has 0 saturated heterocycles. The summed E-state index contributed by atoms with van der Waals surface area (Å²) >= 11 is 1.41. The summed E-state index contributed by atoms with van der Waals surface area (Å²) in [5.74, 6) is 0.903. The third-order valence-corrected chi connectivity index (χ3v) is 6.46. The highest BCUT2D eigenvalue weighted by molar-refractivity contribution is 7.98. The summed E-state index contributed by atoms with van der Waals surface area (Å²) in [7, 11) is 0. The topological polar surface area (TPSA) is 71.8 Å². The van der Waals surface area contributed by atoms with E-state index in [1.54, 1.807) is 4.57 Å². The molecule has 0 aliphatic rings. The number of nitrogens with one attached hydrogen (secondary N) is 2. The summed E-state index contributed by atoms with van der Waals surface area (Å²) in [6.45, 7) is 1.72. The molecular weight excluding hydrogens is 544 g/mol. The van der Waals surface area contributed by atoms with E-state index in [1.165, 1.54) is 11.8 Å². The Labute approximate surface area is 223 Å². The number of aromatic nitrogens is 3. The second kappa shape index (κ2) is 11.4. The molecular formula is C26H21F6N5OS. The van der Waals surface area contributed by atoms with Crippen LogP contribution in [0.2, 0.25) is 0 Å². The summed E-state index contributed by atoms with van der Waals surface area (Å²) < 4.78 is 80.5. The molecule has 1 heterocycles. The number of urea groups is 1. The molecule has 2 N–H and O–H groups in total. The van der Waals surface area contributed by atoms with Crippen molar-refractivity contribution in [1.82, 2.24) is 20.1 Å². The van der Waals surface area contributed by atoms with Crippen LogP contribution in [0.1, 0.15) is 28.1 Å². The highest BCUT2D eigenvalue weighted by atomic mass is 32.2. The van der Waals surface area contributed by atoms with Crippen molar-refractivity contribution in [3.63, 3.8) is 0 Å². The first-order chi connectivity index (χ1) is 18.4. The summed E-state index contributed by atoms with van der Waals surface area (Å²) in [6.07, 6.45) is -10.1. The molecule has 0 bridgehead atoms. The van der Waals surface area contributed by atoms with Gasteiger partial charge in [0.25, 0.3) is 0 Å². The number of halogens is 6. The van der Waals surface area contributed by atoms with Crippen LogP contribution < -0.4 is 10.6 Å². The Bertz CT molecular complexity index is 1400. The van der Waals surface area contributed by atoms with Crippen LogP contribution >= 0.6 is 11.8 Å². The van der Waals surface area contributed by atoms with Crippen LogP contribution in [0.25, 0.3) is 5.69 Å². The Kier molecular flexibility index (Phi) is 8.19. The highest BCUT2D eigenvalue weighted by Gasteiger charge is 2.37. The minimum Gasteiger partial charge on any atom is -0.331 e. The monoisotopic (exact) mass is 565 g/mol. The second-order valence-corrected chi connectivity index (χ2v) is 9.39. The Hall–Kier alpha value is -4.00. The fourth-order valence-electron chi connectivity index (χ4n) is 3.55. The van der Waals surface area contributed by atoms with E-state index in [1.807, 2.05) is 66.8 Å². The summed E-state index contributed by atoms with van der Waals surface area (Å²) in [4.78, 5) is 12.5. The number of thioether (sulfide) groups is 1. The molecule has 4 rings (SSSR count). The molecule has 3 aromatic carbocycles. The lowest BCUT2D eigenvalue weighted by molar-refractivity contribution is -0.143. The van der Waals surface area contributed by atoms with Gasteiger partial charge in [-0.1, -0.05) is 59.8 Å². The van der Waals surface area contributed by atoms with Crippen LogP contribution in [0.5, 0.6) is 0 Å². The smallest absolute Gasteiger partial charge is 0.331 e. The predicted octanol–water partition coefficient (Wildman–Crippen LogP) is 7.23. The lowest BCUT2D eigenvalue weighted by Crippen LogP contribution is -2.29. The first-order valence-corrected chi connectivity index (χ1v) is 12.4. The number of benzene rings is 3. The maximum atomic E-state index is 13.1. The van der Waals surface area contributed by atoms with E-state index in [4.69, 9.17) is 0 Å². The number of aryl methyl sites for hydroxylation is 1. The van der Waals surface area contributed by atoms with Crippen LogP contribution in [0, 0.1) is 6.92 Å². The molecule has 0 radical (unpaired) electrons. The molecule has 1 aromatic heterocycles. The average Bonchev–Trinajstić information content (AvgIpc) is 3.29. The number of hydrogen-bond acceptors (Lipinski definition) is 4. The molecule has 0 fully saturated rings. The van der Waals surface area contributed by atoms with Gasteiger partial charge in [0.05, 0.1) is 17.7 Å². The zero-order valence-corrected chi connectivity index (χ0v) is 21.1. The summed E-state index contributed by atoms with van der Waals surface area (Å²) in [5.41, 5.74) is -0.943. The van der Waals surface area contributed by atoms with Crippen molar-refractivity contribution in [3.05, 3.63) is 101 Å². The van der Waals surface area contributed by atoms with Gasteiger partial charge in [-0.3, -0.25) is 4.57 Å². The van der Waals surface area contributed by atoms with Crippen molar-refractivity contribution in [2.45, 2.75) is 36.7 Å². The van der Waals surface area contributed by atoms with E-state index in [0.717, 1.165) is 11.1 Å². The van der Waals surface area contributed by atoms with Gasteiger partial charge < -0.3 is 10.6 Å². The number of amides is 2. The lowest BCUT2D eigenvalue weighted by atomic mass is 10.1. The van der Waals surface area contributed by atoms with Crippen molar-refractivity contribution in [2.75, 3.05) is 5.32 Å². The number of nitrogens with zero attached hydrogens (tertiary/aromatic N) is 3. The average molecular weight is 566 g/mol. The quantitative estimate of drug-likeness (QED) is 0.183. The molecule has 0 aliphatic heterocycles. The molecule has 0 atom stereocenters. The van der Waals surface area contributed by atoms with Gasteiger partial charge >= 0.3 is 18.4 Å². The van der Waals surface area contributed by atoms with Gasteiger partial charge in [0.15, 0.2) is 11.0 Å². The van der Waals surface area contributed by atoms with Crippen molar-refractivity contribution in [2.24, 2.45) is 0 Å². The van der Waals surface area contributed by atoms with Gasteiger partial charge in [-0.25, -0.2) is 4.79 Å². The Morgan fingerprint density at radius 2 is 1.49 bits per heavy atom. The van der Waals surface area contributed by atoms with Crippen molar-refractivity contribution < 1.29 is 31.1 Å². The predicted molar refractivity (Wildman–Crippen MR) is 134 cm³/mol. The lowest BCUT2D eigenvalue weighted by Gasteiger charge is -2.15. The third kappa shape index (κ3) is 7.31. The maximum Gasteiger partial charge on any atom is 0.416 e. The standard InChI is InChI=1S/C26H21F6N5OS/c1-16-7-9-21(10-8-16)37-22(35-36-24(37)39-15-17-5-3-2-4-6-17)14-33-23(38)34-20-12-18(25(27,28)29)11-19(13-20)26(30,31)32/h2-13H,14-15H2,1H3,(H2,33,34,38). The molecule has 0 saturated carbocycles. The first-order valence-electron chi connectivity index (χ1n) is 11.4. The minimum atomic E-state index is -5.04. The van der Waals surface area contributed by atoms with E-state index in [9.17, 15) is 31.1 Å². The molecule has 6 nitrogen and oxygen atoms in total. The van der Waals surface area contributed by atoms with E-state index in [-0.39, 0.29) is 12.6 Å². The van der Waals surface area contributed by atoms with Crippen molar-refractivity contribution >= 4 is 23.5 Å². The highest BCUT2D eigenvalue weighted by Crippen LogP contribution is 2.37. The van der Waals surface area contributed by atoms with E-state index < -0.39 is 35.2 Å². The number of carbonyl (C=O) groups excluding carboxylic acids is 1. The molecule has 2 amide bonds. The molecule has 39 heavy (non-hydrogen) atoms. The Morgan fingerprint density at radius 1 is 0.872 bits per heavy atom. The normalized spacial score (nSPS) is 11.9. The molecule has 0 aliphatic carbocycles. The first kappa shape index (κ1) is 28.0. The zero-order valence-electron chi connectivity index (χ0n) is 20.3. The zero-order chi connectivity index (χ0) is 28.2. The van der Waals surface area contributed by atoms with Crippen LogP contribution in [0.4, 0.5) is 36.8 Å². The van der Waals surface area contributed by atoms with Gasteiger partial charge in [-0.15, -0.1) is 10.2 Å². The Morgan fingerprint density at radius 3 is 2.08 bits per heavy atom. The van der Waals surface area contributed by atoms with Gasteiger partial charge in [-0.05, 0) is 42.8 Å². The van der Waals surface area contributed by atoms with E-state index >= 15 is 0 Å². The number of hydrogen-bond donors (Lipinski definition) is 2. The molecule has 0 spiro atoms. The van der Waals surface area contributed by atoms with Crippen LogP contribution in [0.3, 0.4) is 0 Å². The Balaban J connectivity index is 1.53. The molecule has 4 aromatic rings. The summed E-state index contributed by atoms with van der Waals surface area (Å²) in [6, 6.07) is 17.0. The van der Waals surface area contributed by atoms with Gasteiger partial charge in [0.2, 0.25) is 0 Å². The van der Waals surface area contributed by atoms with Crippen molar-refractivity contribution in [1.29, 1.82) is 0 Å². The number of carbonyl (C=O) groups is 1. The SMILES string of the molecule is Cc1ccc(-n2c(CNC(=O)Nc3cc(C(F)(F)F)cc(C(F)(F)F)c3)nnc2SCc2ccccc2)cc1.